The molecule has 0 bridgehead atoms. The first-order valence-corrected chi connectivity index (χ1v) is 9.41. The molecule has 30 heavy (non-hydrogen) atoms. The maximum Gasteiger partial charge on any atom is 0.277 e. The van der Waals surface area contributed by atoms with Gasteiger partial charge in [0.2, 0.25) is 0 Å². The van der Waals surface area contributed by atoms with Crippen molar-refractivity contribution in [3.05, 3.63) is 73.8 Å². The standard InChI is InChI=1S/C20H22N4O6/c1-3-9-22(10-4-2)20(26)14-5-7-16(8-6-14)21-19(25)15-11-17(23(27)28)13-18(12-15)24(29)30/h5-8,11-13H,3-4,9-10H2,1-2H3,(H,21,25). The zero-order chi connectivity index (χ0) is 22.3. The number of nitro groups is 2. The molecule has 0 aliphatic rings. The monoisotopic (exact) mass is 414 g/mol. The van der Waals surface area contributed by atoms with Gasteiger partial charge in [0.25, 0.3) is 23.2 Å². The molecule has 10 nitrogen and oxygen atoms in total. The molecular formula is C20H22N4O6. The Morgan fingerprint density at radius 2 is 1.37 bits per heavy atom. The summed E-state index contributed by atoms with van der Waals surface area (Å²) in [5.74, 6) is -0.842. The number of hydrogen-bond donors (Lipinski definition) is 1. The van der Waals surface area contributed by atoms with E-state index in [1.165, 1.54) is 12.1 Å². The lowest BCUT2D eigenvalue weighted by Crippen LogP contribution is -2.32. The van der Waals surface area contributed by atoms with Gasteiger partial charge in [-0.3, -0.25) is 29.8 Å². The van der Waals surface area contributed by atoms with Crippen molar-refractivity contribution in [1.82, 2.24) is 4.90 Å². The lowest BCUT2D eigenvalue weighted by Gasteiger charge is -2.21. The molecule has 0 fully saturated rings. The topological polar surface area (TPSA) is 136 Å². The molecule has 1 N–H and O–H groups in total. The minimum atomic E-state index is -0.803. The van der Waals surface area contributed by atoms with E-state index in [0.717, 1.165) is 31.0 Å². The van der Waals surface area contributed by atoms with Crippen molar-refractivity contribution in [3.63, 3.8) is 0 Å². The zero-order valence-electron chi connectivity index (χ0n) is 16.7. The molecule has 0 aliphatic carbocycles. The fourth-order valence-corrected chi connectivity index (χ4v) is 2.87. The maximum atomic E-state index is 12.6. The second-order valence-electron chi connectivity index (χ2n) is 6.58. The van der Waals surface area contributed by atoms with Crippen molar-refractivity contribution in [1.29, 1.82) is 0 Å². The molecule has 0 atom stereocenters. The quantitative estimate of drug-likeness (QED) is 0.486. The third-order valence-electron chi connectivity index (χ3n) is 4.25. The first-order chi connectivity index (χ1) is 14.3. The van der Waals surface area contributed by atoms with Crippen molar-refractivity contribution in [2.45, 2.75) is 26.7 Å². The minimum absolute atomic E-state index is 0.106. The molecule has 2 rings (SSSR count). The second kappa shape index (κ2) is 10.1. The van der Waals surface area contributed by atoms with E-state index in [0.29, 0.717) is 24.3 Å². The van der Waals surface area contributed by atoms with Crippen molar-refractivity contribution in [3.8, 4) is 0 Å². The van der Waals surface area contributed by atoms with E-state index in [9.17, 15) is 29.8 Å². The van der Waals surface area contributed by atoms with E-state index in [1.807, 2.05) is 13.8 Å². The Morgan fingerprint density at radius 1 is 0.867 bits per heavy atom. The van der Waals surface area contributed by atoms with Gasteiger partial charge in [0.15, 0.2) is 0 Å². The van der Waals surface area contributed by atoms with Gasteiger partial charge in [-0.05, 0) is 37.1 Å². The van der Waals surface area contributed by atoms with Gasteiger partial charge in [0.1, 0.15) is 0 Å². The number of hydrogen-bond acceptors (Lipinski definition) is 6. The molecule has 0 spiro atoms. The van der Waals surface area contributed by atoms with Gasteiger partial charge in [-0.2, -0.15) is 0 Å². The summed E-state index contributed by atoms with van der Waals surface area (Å²) in [7, 11) is 0. The van der Waals surface area contributed by atoms with Crippen LogP contribution in [0.1, 0.15) is 47.4 Å². The van der Waals surface area contributed by atoms with Crippen LogP contribution in [0, 0.1) is 20.2 Å². The summed E-state index contributed by atoms with van der Waals surface area (Å²) < 4.78 is 0. The van der Waals surface area contributed by atoms with E-state index < -0.39 is 27.1 Å². The van der Waals surface area contributed by atoms with E-state index in [2.05, 4.69) is 5.32 Å². The van der Waals surface area contributed by atoms with E-state index >= 15 is 0 Å². The molecule has 0 saturated carbocycles. The van der Waals surface area contributed by atoms with Crippen LogP contribution in [0.4, 0.5) is 17.1 Å². The Hall–Kier alpha value is -3.82. The van der Waals surface area contributed by atoms with Crippen LogP contribution in [-0.4, -0.2) is 39.7 Å². The first-order valence-electron chi connectivity index (χ1n) is 9.41. The van der Waals surface area contributed by atoms with Crippen LogP contribution in [0.3, 0.4) is 0 Å². The molecule has 0 saturated heterocycles. The molecule has 2 aromatic rings. The lowest BCUT2D eigenvalue weighted by atomic mass is 10.1. The highest BCUT2D eigenvalue weighted by molar-refractivity contribution is 6.05. The maximum absolute atomic E-state index is 12.6. The number of non-ortho nitro benzene ring substituents is 2. The fraction of sp³-hybridized carbons (Fsp3) is 0.300. The van der Waals surface area contributed by atoms with Gasteiger partial charge in [0.05, 0.1) is 21.5 Å². The summed E-state index contributed by atoms with van der Waals surface area (Å²) in [6.45, 7) is 5.28. The van der Waals surface area contributed by atoms with E-state index in [4.69, 9.17) is 0 Å². The zero-order valence-corrected chi connectivity index (χ0v) is 16.7. The lowest BCUT2D eigenvalue weighted by molar-refractivity contribution is -0.394. The van der Waals surface area contributed by atoms with Gasteiger partial charge in [0, 0.05) is 36.5 Å². The van der Waals surface area contributed by atoms with Crippen molar-refractivity contribution in [2.75, 3.05) is 18.4 Å². The van der Waals surface area contributed by atoms with Gasteiger partial charge in [-0.25, -0.2) is 0 Å². The summed E-state index contributed by atoms with van der Waals surface area (Å²) in [6.07, 6.45) is 1.68. The Labute approximate surface area is 172 Å². The highest BCUT2D eigenvalue weighted by atomic mass is 16.6. The van der Waals surface area contributed by atoms with Crippen LogP contribution in [0.25, 0.3) is 0 Å². The number of nitro benzene ring substituents is 2. The number of rotatable bonds is 9. The average molecular weight is 414 g/mol. The van der Waals surface area contributed by atoms with E-state index in [1.54, 1.807) is 17.0 Å². The number of carbonyl (C=O) groups excluding carboxylic acids is 2. The third-order valence-corrected chi connectivity index (χ3v) is 4.25. The number of nitrogens with zero attached hydrogens (tertiary/aromatic N) is 3. The SMILES string of the molecule is CCCN(CCC)C(=O)c1ccc(NC(=O)c2cc([N+](=O)[O-])cc([N+](=O)[O-])c2)cc1. The number of amides is 2. The molecule has 2 aromatic carbocycles. The summed E-state index contributed by atoms with van der Waals surface area (Å²) in [5, 5.41) is 24.5. The van der Waals surface area contributed by atoms with Crippen LogP contribution in [0.2, 0.25) is 0 Å². The van der Waals surface area contributed by atoms with Crippen LogP contribution < -0.4 is 5.32 Å². The summed E-state index contributed by atoms with van der Waals surface area (Å²) in [4.78, 5) is 47.1. The van der Waals surface area contributed by atoms with Gasteiger partial charge >= 0.3 is 0 Å². The normalized spacial score (nSPS) is 10.3. The molecule has 0 aliphatic heterocycles. The highest BCUT2D eigenvalue weighted by Crippen LogP contribution is 2.23. The number of carbonyl (C=O) groups is 2. The molecule has 0 radical (unpaired) electrons. The van der Waals surface area contributed by atoms with Gasteiger partial charge < -0.3 is 10.2 Å². The molecule has 10 heteroatoms. The van der Waals surface area contributed by atoms with Crippen molar-refractivity contribution >= 4 is 28.9 Å². The van der Waals surface area contributed by atoms with Crippen LogP contribution in [-0.2, 0) is 0 Å². The number of nitrogens with one attached hydrogen (secondary N) is 1. The Kier molecular flexibility index (Phi) is 7.56. The number of anilines is 1. The highest BCUT2D eigenvalue weighted by Gasteiger charge is 2.20. The van der Waals surface area contributed by atoms with Gasteiger partial charge in [-0.1, -0.05) is 13.8 Å². The first kappa shape index (κ1) is 22.5. The van der Waals surface area contributed by atoms with Crippen LogP contribution in [0.5, 0.6) is 0 Å². The molecule has 158 valence electrons. The van der Waals surface area contributed by atoms with Crippen LogP contribution in [0.15, 0.2) is 42.5 Å². The number of benzene rings is 2. The average Bonchev–Trinajstić information content (AvgIpc) is 2.73. The molecule has 0 heterocycles. The molecule has 0 unspecified atom stereocenters. The Balaban J connectivity index is 2.19. The predicted molar refractivity (Wildman–Crippen MR) is 111 cm³/mol. The molecular weight excluding hydrogens is 392 g/mol. The summed E-state index contributed by atoms with van der Waals surface area (Å²) >= 11 is 0. The Morgan fingerprint density at radius 3 is 1.80 bits per heavy atom. The van der Waals surface area contributed by atoms with Crippen molar-refractivity contribution < 1.29 is 19.4 Å². The van der Waals surface area contributed by atoms with Gasteiger partial charge in [-0.15, -0.1) is 0 Å². The second-order valence-corrected chi connectivity index (χ2v) is 6.58. The fourth-order valence-electron chi connectivity index (χ4n) is 2.87. The summed E-state index contributed by atoms with van der Waals surface area (Å²) in [6, 6.07) is 8.94. The van der Waals surface area contributed by atoms with E-state index in [-0.39, 0.29) is 11.5 Å². The summed E-state index contributed by atoms with van der Waals surface area (Å²) in [5.41, 5.74) is -0.498. The smallest absolute Gasteiger partial charge is 0.277 e. The minimum Gasteiger partial charge on any atom is -0.339 e. The predicted octanol–water partition coefficient (Wildman–Crippen LogP) is 4.02. The molecule has 2 amide bonds. The third kappa shape index (κ3) is 5.60. The Bertz CT molecular complexity index is 920. The van der Waals surface area contributed by atoms with Crippen molar-refractivity contribution in [2.24, 2.45) is 0 Å². The van der Waals surface area contributed by atoms with Crippen LogP contribution >= 0.6 is 0 Å². The molecule has 0 aromatic heterocycles. The largest absolute Gasteiger partial charge is 0.339 e.